The molecule has 0 fully saturated rings. The van der Waals surface area contributed by atoms with Gasteiger partial charge >= 0.3 is 11.8 Å². The highest BCUT2D eigenvalue weighted by atomic mass is 16.6. The van der Waals surface area contributed by atoms with Gasteiger partial charge in [0.15, 0.2) is 11.1 Å². The molecule has 0 amide bonds. The van der Waals surface area contributed by atoms with E-state index in [-0.39, 0.29) is 34.3 Å². The molecule has 136 valence electrons. The normalized spacial score (nSPS) is 10.6. The van der Waals surface area contributed by atoms with Gasteiger partial charge in [0.05, 0.1) is 11.5 Å². The molecule has 0 spiro atoms. The average molecular weight is 367 g/mol. The molecule has 0 saturated carbocycles. The molecule has 9 nitrogen and oxygen atoms in total. The van der Waals surface area contributed by atoms with Gasteiger partial charge < -0.3 is 14.9 Å². The van der Waals surface area contributed by atoms with Gasteiger partial charge in [-0.15, -0.1) is 0 Å². The zero-order chi connectivity index (χ0) is 19.6. The quantitative estimate of drug-likeness (QED) is 0.380. The summed E-state index contributed by atoms with van der Waals surface area (Å²) in [5, 5.41) is 23.0. The van der Waals surface area contributed by atoms with E-state index < -0.39 is 21.6 Å². The summed E-state index contributed by atoms with van der Waals surface area (Å²) in [6.07, 6.45) is 0. The number of hydrogen-bond donors (Lipinski definition) is 0. The van der Waals surface area contributed by atoms with E-state index in [1.54, 1.807) is 37.3 Å². The first-order chi connectivity index (χ1) is 12.9. The maximum absolute atomic E-state index is 12.5. The van der Waals surface area contributed by atoms with Crippen LogP contribution in [0.3, 0.4) is 0 Å². The highest BCUT2D eigenvalue weighted by Gasteiger charge is 2.31. The number of esters is 1. The van der Waals surface area contributed by atoms with Gasteiger partial charge in [-0.3, -0.25) is 10.1 Å². The molecule has 3 rings (SSSR count). The second-order valence-corrected chi connectivity index (χ2v) is 5.49. The monoisotopic (exact) mass is 367 g/mol. The molecule has 0 aliphatic rings. The lowest BCUT2D eigenvalue weighted by Gasteiger charge is -2.11. The first kappa shape index (κ1) is 17.9. The lowest BCUT2D eigenvalue weighted by Crippen LogP contribution is -2.12. The van der Waals surface area contributed by atoms with E-state index >= 15 is 0 Å². The Morgan fingerprint density at radius 2 is 1.78 bits per heavy atom. The van der Waals surface area contributed by atoms with Gasteiger partial charge in [-0.2, -0.15) is 0 Å². The van der Waals surface area contributed by atoms with E-state index in [9.17, 15) is 25.0 Å². The van der Waals surface area contributed by atoms with Crippen LogP contribution in [-0.4, -0.2) is 27.4 Å². The lowest BCUT2D eigenvalue weighted by molar-refractivity contribution is -0.389. The first-order valence-corrected chi connectivity index (χ1v) is 7.93. The van der Waals surface area contributed by atoms with Crippen molar-refractivity contribution in [1.82, 2.24) is 4.98 Å². The number of nitro groups is 2. The number of nitro benzene ring substituents is 1. The number of non-ortho nitro benzene ring substituents is 1. The van der Waals surface area contributed by atoms with E-state index in [2.05, 4.69) is 4.98 Å². The SMILES string of the molecule is CCOC(=O)c1c([N+](=O)[O-])nc2ccc([N+](=O)[O-])cc2c1-c1ccccc1. The number of aromatic nitrogens is 1. The topological polar surface area (TPSA) is 125 Å². The second kappa shape index (κ2) is 7.16. The molecule has 1 aromatic heterocycles. The zero-order valence-electron chi connectivity index (χ0n) is 14.1. The Morgan fingerprint density at radius 1 is 1.07 bits per heavy atom. The van der Waals surface area contributed by atoms with Crippen LogP contribution < -0.4 is 0 Å². The number of carbonyl (C=O) groups is 1. The van der Waals surface area contributed by atoms with E-state index in [1.165, 1.54) is 18.2 Å². The summed E-state index contributed by atoms with van der Waals surface area (Å²) < 4.78 is 4.99. The molecule has 0 unspecified atom stereocenters. The largest absolute Gasteiger partial charge is 0.462 e. The summed E-state index contributed by atoms with van der Waals surface area (Å²) in [5.74, 6) is -1.57. The van der Waals surface area contributed by atoms with Crippen LogP contribution in [0.15, 0.2) is 48.5 Å². The molecule has 0 radical (unpaired) electrons. The van der Waals surface area contributed by atoms with Crippen molar-refractivity contribution in [2.24, 2.45) is 0 Å². The van der Waals surface area contributed by atoms with Gasteiger partial charge in [-0.25, -0.2) is 4.79 Å². The second-order valence-electron chi connectivity index (χ2n) is 5.49. The molecule has 0 aliphatic heterocycles. The van der Waals surface area contributed by atoms with Gasteiger partial charge in [0.2, 0.25) is 0 Å². The van der Waals surface area contributed by atoms with Crippen LogP contribution in [0, 0.1) is 20.2 Å². The van der Waals surface area contributed by atoms with Crippen molar-refractivity contribution >= 4 is 28.4 Å². The van der Waals surface area contributed by atoms with Crippen LogP contribution >= 0.6 is 0 Å². The summed E-state index contributed by atoms with van der Waals surface area (Å²) >= 11 is 0. The molecule has 3 aromatic rings. The predicted molar refractivity (Wildman–Crippen MR) is 96.4 cm³/mol. The molecule has 0 aliphatic carbocycles. The number of carbonyl (C=O) groups excluding carboxylic acids is 1. The van der Waals surface area contributed by atoms with E-state index in [0.717, 1.165) is 0 Å². The summed E-state index contributed by atoms with van der Waals surface area (Å²) in [7, 11) is 0. The maximum Gasteiger partial charge on any atom is 0.379 e. The predicted octanol–water partition coefficient (Wildman–Crippen LogP) is 3.89. The fraction of sp³-hybridized carbons (Fsp3) is 0.111. The number of benzene rings is 2. The third-order valence-corrected chi connectivity index (χ3v) is 3.88. The van der Waals surface area contributed by atoms with Gasteiger partial charge in [-0.1, -0.05) is 30.3 Å². The molecule has 0 atom stereocenters. The minimum Gasteiger partial charge on any atom is -0.462 e. The zero-order valence-corrected chi connectivity index (χ0v) is 14.1. The minimum absolute atomic E-state index is 0.0111. The summed E-state index contributed by atoms with van der Waals surface area (Å²) in [5.41, 5.74) is 0.274. The summed E-state index contributed by atoms with van der Waals surface area (Å²) in [6.45, 7) is 1.59. The number of hydrogen-bond acceptors (Lipinski definition) is 7. The van der Waals surface area contributed by atoms with E-state index in [4.69, 9.17) is 4.74 Å². The van der Waals surface area contributed by atoms with Crippen molar-refractivity contribution in [1.29, 1.82) is 0 Å². The third kappa shape index (κ3) is 3.30. The Morgan fingerprint density at radius 3 is 2.37 bits per heavy atom. The van der Waals surface area contributed by atoms with Crippen molar-refractivity contribution in [2.45, 2.75) is 6.92 Å². The Hall–Kier alpha value is -3.88. The molecule has 1 heterocycles. The van der Waals surface area contributed by atoms with Crippen LogP contribution in [0.4, 0.5) is 11.5 Å². The standard InChI is InChI=1S/C18H13N3O6/c1-2-27-18(22)16-15(11-6-4-3-5-7-11)13-10-12(20(23)24)8-9-14(13)19-17(16)21(25)26/h3-10H,2H2,1H3. The average Bonchev–Trinajstić information content (AvgIpc) is 2.66. The Kier molecular flexibility index (Phi) is 4.75. The molecule has 0 saturated heterocycles. The Labute approximate surface area is 152 Å². The van der Waals surface area contributed by atoms with Crippen LogP contribution in [0.5, 0.6) is 0 Å². The highest BCUT2D eigenvalue weighted by Crippen LogP contribution is 2.37. The van der Waals surface area contributed by atoms with Gasteiger partial charge in [0.25, 0.3) is 5.69 Å². The number of ether oxygens (including phenoxy) is 1. The summed E-state index contributed by atoms with van der Waals surface area (Å²) in [6, 6.07) is 12.2. The van der Waals surface area contributed by atoms with Crippen molar-refractivity contribution in [3.8, 4) is 11.1 Å². The Bertz CT molecular complexity index is 1070. The van der Waals surface area contributed by atoms with Crippen molar-refractivity contribution < 1.29 is 19.4 Å². The molecule has 2 aromatic carbocycles. The van der Waals surface area contributed by atoms with Crippen LogP contribution in [0.1, 0.15) is 17.3 Å². The van der Waals surface area contributed by atoms with Crippen molar-refractivity contribution in [3.05, 3.63) is 74.3 Å². The molecular formula is C18H13N3O6. The van der Waals surface area contributed by atoms with Crippen molar-refractivity contribution in [2.75, 3.05) is 6.61 Å². The third-order valence-electron chi connectivity index (χ3n) is 3.88. The molecule has 9 heteroatoms. The van der Waals surface area contributed by atoms with Gasteiger partial charge in [0.1, 0.15) is 0 Å². The molecule has 0 bridgehead atoms. The number of fused-ring (bicyclic) bond motifs is 1. The van der Waals surface area contributed by atoms with E-state index in [1.807, 2.05) is 0 Å². The fourth-order valence-corrected chi connectivity index (χ4v) is 2.79. The van der Waals surface area contributed by atoms with Gasteiger partial charge in [-0.05, 0) is 28.5 Å². The molecular weight excluding hydrogens is 354 g/mol. The fourth-order valence-electron chi connectivity index (χ4n) is 2.79. The summed E-state index contributed by atoms with van der Waals surface area (Å²) in [4.78, 5) is 37.9. The van der Waals surface area contributed by atoms with E-state index in [0.29, 0.717) is 5.56 Å². The minimum atomic E-state index is -0.913. The molecule has 0 N–H and O–H groups in total. The van der Waals surface area contributed by atoms with Crippen LogP contribution in [0.2, 0.25) is 0 Å². The van der Waals surface area contributed by atoms with Crippen LogP contribution in [0.25, 0.3) is 22.0 Å². The number of rotatable bonds is 5. The van der Waals surface area contributed by atoms with Gasteiger partial charge in [0, 0.05) is 23.1 Å². The first-order valence-electron chi connectivity index (χ1n) is 7.93. The number of pyridine rings is 1. The number of nitrogens with zero attached hydrogens (tertiary/aromatic N) is 3. The molecule has 27 heavy (non-hydrogen) atoms. The van der Waals surface area contributed by atoms with Crippen LogP contribution in [-0.2, 0) is 4.74 Å². The van der Waals surface area contributed by atoms with Crippen molar-refractivity contribution in [3.63, 3.8) is 0 Å². The smallest absolute Gasteiger partial charge is 0.379 e. The maximum atomic E-state index is 12.5. The lowest BCUT2D eigenvalue weighted by atomic mass is 9.95. The highest BCUT2D eigenvalue weighted by molar-refractivity contribution is 6.10. The Balaban J connectivity index is 2.50.